The third-order valence-corrected chi connectivity index (χ3v) is 4.75. The van der Waals surface area contributed by atoms with Crippen molar-refractivity contribution in [2.75, 3.05) is 0 Å². The van der Waals surface area contributed by atoms with Crippen molar-refractivity contribution in [1.82, 2.24) is 4.90 Å². The van der Waals surface area contributed by atoms with Crippen molar-refractivity contribution < 1.29 is 4.79 Å². The number of aryl methyl sites for hydroxylation is 1. The minimum atomic E-state index is -0.607. The second kappa shape index (κ2) is 6.52. The molecule has 1 atom stereocenters. The first-order valence-electron chi connectivity index (χ1n) is 7.51. The molecular weight excluding hydrogens is 331 g/mol. The highest BCUT2D eigenvalue weighted by molar-refractivity contribution is 6.35. The lowest BCUT2D eigenvalue weighted by atomic mass is 10.1. The molecule has 0 fully saturated rings. The van der Waals surface area contributed by atoms with E-state index >= 15 is 0 Å². The van der Waals surface area contributed by atoms with Crippen LogP contribution in [0, 0.1) is 6.92 Å². The van der Waals surface area contributed by atoms with Crippen LogP contribution in [0.1, 0.15) is 22.3 Å². The van der Waals surface area contributed by atoms with Gasteiger partial charge in [-0.3, -0.25) is 4.79 Å². The van der Waals surface area contributed by atoms with Crippen LogP contribution in [0.5, 0.6) is 0 Å². The van der Waals surface area contributed by atoms with Gasteiger partial charge < -0.3 is 10.6 Å². The number of amides is 1. The SMILES string of the molecule is Cc1ccc2c(c1)CN(C(=O)[C@H](N)Cc1ccc(Cl)cc1Cl)C2. The van der Waals surface area contributed by atoms with Gasteiger partial charge in [0.25, 0.3) is 0 Å². The van der Waals surface area contributed by atoms with E-state index in [0.29, 0.717) is 29.6 Å². The van der Waals surface area contributed by atoms with E-state index in [1.165, 1.54) is 16.7 Å². The molecule has 5 heteroatoms. The van der Waals surface area contributed by atoms with Crippen LogP contribution >= 0.6 is 23.2 Å². The monoisotopic (exact) mass is 348 g/mol. The van der Waals surface area contributed by atoms with E-state index in [4.69, 9.17) is 28.9 Å². The smallest absolute Gasteiger partial charge is 0.240 e. The van der Waals surface area contributed by atoms with E-state index in [0.717, 1.165) is 5.56 Å². The number of hydrogen-bond acceptors (Lipinski definition) is 2. The molecule has 1 aliphatic heterocycles. The standard InChI is InChI=1S/C18H18Cl2N2O/c1-11-2-3-13-9-22(10-14(13)6-11)18(23)17(21)7-12-4-5-15(19)8-16(12)20/h2-6,8,17H,7,9-10,21H2,1H3/t17-/m1/s1. The molecule has 23 heavy (non-hydrogen) atoms. The summed E-state index contributed by atoms with van der Waals surface area (Å²) in [7, 11) is 0. The lowest BCUT2D eigenvalue weighted by molar-refractivity contribution is -0.133. The summed E-state index contributed by atoms with van der Waals surface area (Å²) in [6.45, 7) is 3.30. The molecule has 0 bridgehead atoms. The summed E-state index contributed by atoms with van der Waals surface area (Å²) >= 11 is 12.1. The highest BCUT2D eigenvalue weighted by Gasteiger charge is 2.27. The van der Waals surface area contributed by atoms with Crippen molar-refractivity contribution in [3.8, 4) is 0 Å². The maximum absolute atomic E-state index is 12.6. The van der Waals surface area contributed by atoms with Crippen LogP contribution in [0.3, 0.4) is 0 Å². The van der Waals surface area contributed by atoms with Crippen molar-refractivity contribution in [3.63, 3.8) is 0 Å². The van der Waals surface area contributed by atoms with Crippen LogP contribution in [0.25, 0.3) is 0 Å². The third-order valence-electron chi connectivity index (χ3n) is 4.17. The number of nitrogens with two attached hydrogens (primary N) is 1. The molecular formula is C18H18Cl2N2O. The maximum Gasteiger partial charge on any atom is 0.240 e. The molecule has 2 aromatic carbocycles. The molecule has 3 nitrogen and oxygen atoms in total. The van der Waals surface area contributed by atoms with Crippen molar-refractivity contribution in [3.05, 3.63) is 68.7 Å². The molecule has 0 saturated heterocycles. The topological polar surface area (TPSA) is 46.3 Å². The highest BCUT2D eigenvalue weighted by Crippen LogP contribution is 2.26. The predicted molar refractivity (Wildman–Crippen MR) is 93.6 cm³/mol. The first-order valence-corrected chi connectivity index (χ1v) is 8.26. The molecule has 1 aliphatic rings. The number of carbonyl (C=O) groups excluding carboxylic acids is 1. The first-order chi connectivity index (χ1) is 10.9. The number of rotatable bonds is 3. The summed E-state index contributed by atoms with van der Waals surface area (Å²) in [5.41, 5.74) is 10.6. The van der Waals surface area contributed by atoms with Gasteiger partial charge in [0.05, 0.1) is 6.04 Å². The summed E-state index contributed by atoms with van der Waals surface area (Å²) in [5, 5.41) is 1.12. The molecule has 0 aromatic heterocycles. The van der Waals surface area contributed by atoms with Crippen LogP contribution in [0.4, 0.5) is 0 Å². The third kappa shape index (κ3) is 3.52. The van der Waals surface area contributed by atoms with E-state index < -0.39 is 6.04 Å². The van der Waals surface area contributed by atoms with Crippen LogP contribution < -0.4 is 5.73 Å². The van der Waals surface area contributed by atoms with Crippen molar-refractivity contribution in [2.24, 2.45) is 5.73 Å². The predicted octanol–water partition coefficient (Wildman–Crippen LogP) is 3.71. The van der Waals surface area contributed by atoms with Gasteiger partial charge >= 0.3 is 0 Å². The summed E-state index contributed by atoms with van der Waals surface area (Å²) in [4.78, 5) is 14.4. The van der Waals surface area contributed by atoms with Crippen molar-refractivity contribution >= 4 is 29.1 Å². The zero-order valence-corrected chi connectivity index (χ0v) is 14.4. The fourth-order valence-corrected chi connectivity index (χ4v) is 3.41. The average molecular weight is 349 g/mol. The number of fused-ring (bicyclic) bond motifs is 1. The first kappa shape index (κ1) is 16.3. The van der Waals surface area contributed by atoms with E-state index in [1.54, 1.807) is 17.0 Å². The maximum atomic E-state index is 12.6. The Hall–Kier alpha value is -1.55. The van der Waals surface area contributed by atoms with Crippen LogP contribution in [0.15, 0.2) is 36.4 Å². The number of benzene rings is 2. The van der Waals surface area contributed by atoms with E-state index in [2.05, 4.69) is 25.1 Å². The molecule has 1 heterocycles. The second-order valence-electron chi connectivity index (χ2n) is 6.01. The van der Waals surface area contributed by atoms with Gasteiger partial charge in [0.15, 0.2) is 0 Å². The number of carbonyl (C=O) groups is 1. The summed E-state index contributed by atoms with van der Waals surface area (Å²) < 4.78 is 0. The largest absolute Gasteiger partial charge is 0.333 e. The number of nitrogens with zero attached hydrogens (tertiary/aromatic N) is 1. The molecule has 0 unspecified atom stereocenters. The molecule has 3 rings (SSSR count). The Bertz CT molecular complexity index is 761. The summed E-state index contributed by atoms with van der Waals surface area (Å²) in [6.07, 6.45) is 0.403. The fourth-order valence-electron chi connectivity index (χ4n) is 2.93. The molecule has 0 spiro atoms. The molecule has 0 radical (unpaired) electrons. The zero-order chi connectivity index (χ0) is 16.6. The van der Waals surface area contributed by atoms with Crippen LogP contribution in [0.2, 0.25) is 10.0 Å². The minimum Gasteiger partial charge on any atom is -0.333 e. The van der Waals surface area contributed by atoms with E-state index in [-0.39, 0.29) is 5.91 Å². The van der Waals surface area contributed by atoms with E-state index in [1.807, 2.05) is 6.07 Å². The molecule has 0 saturated carbocycles. The van der Waals surface area contributed by atoms with Crippen molar-refractivity contribution in [1.29, 1.82) is 0 Å². The van der Waals surface area contributed by atoms with Gasteiger partial charge in [-0.1, -0.05) is 53.0 Å². The molecule has 1 amide bonds. The summed E-state index contributed by atoms with van der Waals surface area (Å²) in [5.74, 6) is -0.0510. The van der Waals surface area contributed by atoms with E-state index in [9.17, 15) is 4.79 Å². The van der Waals surface area contributed by atoms with Gasteiger partial charge in [-0.2, -0.15) is 0 Å². The Kier molecular flexibility index (Phi) is 4.62. The number of hydrogen-bond donors (Lipinski definition) is 1. The van der Waals surface area contributed by atoms with Crippen LogP contribution in [-0.4, -0.2) is 16.8 Å². The van der Waals surface area contributed by atoms with Gasteiger partial charge in [0.1, 0.15) is 0 Å². The Morgan fingerprint density at radius 3 is 2.65 bits per heavy atom. The zero-order valence-electron chi connectivity index (χ0n) is 12.9. The normalized spacial score (nSPS) is 14.7. The lowest BCUT2D eigenvalue weighted by Gasteiger charge is -2.20. The molecule has 2 aromatic rings. The quantitative estimate of drug-likeness (QED) is 0.918. The lowest BCUT2D eigenvalue weighted by Crippen LogP contribution is -2.42. The molecule has 2 N–H and O–H groups in total. The van der Waals surface area contributed by atoms with Gasteiger partial charge in [-0.15, -0.1) is 0 Å². The summed E-state index contributed by atoms with van der Waals surface area (Å²) in [6, 6.07) is 10.9. The van der Waals surface area contributed by atoms with Gasteiger partial charge in [-0.05, 0) is 42.2 Å². The van der Waals surface area contributed by atoms with Gasteiger partial charge in [-0.25, -0.2) is 0 Å². The minimum absolute atomic E-state index is 0.0510. The van der Waals surface area contributed by atoms with Gasteiger partial charge in [0.2, 0.25) is 5.91 Å². The highest BCUT2D eigenvalue weighted by atomic mass is 35.5. The fraction of sp³-hybridized carbons (Fsp3) is 0.278. The van der Waals surface area contributed by atoms with Crippen molar-refractivity contribution in [2.45, 2.75) is 32.5 Å². The van der Waals surface area contributed by atoms with Crippen LogP contribution in [-0.2, 0) is 24.3 Å². The molecule has 120 valence electrons. The Balaban J connectivity index is 1.69. The molecule has 0 aliphatic carbocycles. The Morgan fingerprint density at radius 2 is 1.91 bits per heavy atom. The second-order valence-corrected chi connectivity index (χ2v) is 6.86. The number of halogens is 2. The Morgan fingerprint density at radius 1 is 1.17 bits per heavy atom. The van der Waals surface area contributed by atoms with Gasteiger partial charge in [0, 0.05) is 23.1 Å². The Labute approximate surface area is 146 Å². The average Bonchev–Trinajstić information content (AvgIpc) is 2.92.